The summed E-state index contributed by atoms with van der Waals surface area (Å²) in [5, 5.41) is 3.22. The second-order valence-electron chi connectivity index (χ2n) is 2.28. The molecule has 1 rings (SSSR count). The number of aryl methyl sites for hydroxylation is 1. The minimum atomic E-state index is 0.944. The Morgan fingerprint density at radius 3 is 3.09 bits per heavy atom. The third-order valence-electron chi connectivity index (χ3n) is 1.41. The molecule has 62 valence electrons. The Labute approximate surface area is 71.2 Å². The van der Waals surface area contributed by atoms with Crippen molar-refractivity contribution < 1.29 is 0 Å². The summed E-state index contributed by atoms with van der Waals surface area (Å²) in [4.78, 5) is 4.13. The number of anilines is 1. The first kappa shape index (κ1) is 8.46. The average Bonchev–Trinajstić information content (AvgIpc) is 2.37. The fraction of sp³-hybridized carbons (Fsp3) is 0.571. The molecule has 0 amide bonds. The van der Waals surface area contributed by atoms with Crippen molar-refractivity contribution >= 4 is 17.7 Å². The Morgan fingerprint density at radius 1 is 1.73 bits per heavy atom. The van der Waals surface area contributed by atoms with Gasteiger partial charge in [-0.25, -0.2) is 4.98 Å². The summed E-state index contributed by atoms with van der Waals surface area (Å²) in [6, 6.07) is 0. The van der Waals surface area contributed by atoms with Crippen LogP contribution in [0.25, 0.3) is 0 Å². The molecule has 11 heavy (non-hydrogen) atoms. The van der Waals surface area contributed by atoms with Gasteiger partial charge in [-0.15, -0.1) is 0 Å². The number of nitrogens with one attached hydrogen (secondary N) is 1. The highest BCUT2D eigenvalue weighted by atomic mass is 32.2. The number of nitrogens with zero attached hydrogens (tertiary/aromatic N) is 2. The van der Waals surface area contributed by atoms with Crippen molar-refractivity contribution in [1.29, 1.82) is 0 Å². The van der Waals surface area contributed by atoms with Gasteiger partial charge in [0.15, 0.2) is 0 Å². The van der Waals surface area contributed by atoms with E-state index >= 15 is 0 Å². The van der Waals surface area contributed by atoms with E-state index in [4.69, 9.17) is 0 Å². The summed E-state index contributed by atoms with van der Waals surface area (Å²) in [7, 11) is 1.98. The van der Waals surface area contributed by atoms with Crippen molar-refractivity contribution in [3.8, 4) is 0 Å². The van der Waals surface area contributed by atoms with E-state index in [1.807, 2.05) is 29.6 Å². The third-order valence-corrected chi connectivity index (χ3v) is 2.02. The van der Waals surface area contributed by atoms with Gasteiger partial charge in [-0.05, 0) is 6.26 Å². The lowest BCUT2D eigenvalue weighted by Crippen LogP contribution is -2.07. The zero-order valence-corrected chi connectivity index (χ0v) is 7.69. The molecule has 1 aromatic rings. The number of rotatable bonds is 4. The molecule has 4 heteroatoms. The Morgan fingerprint density at radius 2 is 2.55 bits per heavy atom. The highest BCUT2D eigenvalue weighted by Gasteiger charge is 1.94. The number of hydrogen-bond donors (Lipinski definition) is 1. The summed E-state index contributed by atoms with van der Waals surface area (Å²) in [5.41, 5.74) is 0. The van der Waals surface area contributed by atoms with Gasteiger partial charge in [-0.1, -0.05) is 0 Å². The average molecular weight is 171 g/mol. The minimum Gasteiger partial charge on any atom is -0.355 e. The Balaban J connectivity index is 2.32. The van der Waals surface area contributed by atoms with Crippen LogP contribution in [0.2, 0.25) is 0 Å². The van der Waals surface area contributed by atoms with Crippen molar-refractivity contribution in [3.63, 3.8) is 0 Å². The van der Waals surface area contributed by atoms with Crippen molar-refractivity contribution in [2.45, 2.75) is 0 Å². The van der Waals surface area contributed by atoms with E-state index in [0.717, 1.165) is 18.2 Å². The molecule has 0 aliphatic carbocycles. The van der Waals surface area contributed by atoms with E-state index in [1.165, 1.54) is 0 Å². The molecule has 0 saturated heterocycles. The highest BCUT2D eigenvalue weighted by Crippen LogP contribution is 2.00. The van der Waals surface area contributed by atoms with Crippen LogP contribution in [-0.2, 0) is 7.05 Å². The van der Waals surface area contributed by atoms with Crippen molar-refractivity contribution in [3.05, 3.63) is 12.4 Å². The maximum Gasteiger partial charge on any atom is 0.202 e. The molecule has 1 heterocycles. The van der Waals surface area contributed by atoms with E-state index in [1.54, 1.807) is 6.20 Å². The molecule has 0 aliphatic heterocycles. The van der Waals surface area contributed by atoms with Crippen LogP contribution in [0.3, 0.4) is 0 Å². The summed E-state index contributed by atoms with van der Waals surface area (Å²) in [6.07, 6.45) is 5.82. The van der Waals surface area contributed by atoms with Gasteiger partial charge in [0.2, 0.25) is 5.95 Å². The topological polar surface area (TPSA) is 29.9 Å². The van der Waals surface area contributed by atoms with Gasteiger partial charge in [0, 0.05) is 31.7 Å². The van der Waals surface area contributed by atoms with Gasteiger partial charge in [0.1, 0.15) is 0 Å². The molecule has 0 saturated carbocycles. The molecule has 0 atom stereocenters. The standard InChI is InChI=1S/C7H13N3S/c1-10-5-3-8-7(10)9-4-6-11-2/h3,5H,4,6H2,1-2H3,(H,8,9). The molecule has 0 bridgehead atoms. The zero-order chi connectivity index (χ0) is 8.10. The maximum atomic E-state index is 4.13. The molecule has 0 radical (unpaired) electrons. The fourth-order valence-corrected chi connectivity index (χ4v) is 1.11. The normalized spacial score (nSPS) is 10.0. The number of thioether (sulfide) groups is 1. The summed E-state index contributed by atoms with van der Waals surface area (Å²) in [6.45, 7) is 0.978. The maximum absolute atomic E-state index is 4.13. The Hall–Kier alpha value is -0.640. The third kappa shape index (κ3) is 2.46. The van der Waals surface area contributed by atoms with Crippen molar-refractivity contribution in [1.82, 2.24) is 9.55 Å². The highest BCUT2D eigenvalue weighted by molar-refractivity contribution is 7.98. The predicted molar refractivity (Wildman–Crippen MR) is 50.1 cm³/mol. The van der Waals surface area contributed by atoms with Gasteiger partial charge in [0.25, 0.3) is 0 Å². The molecular weight excluding hydrogens is 158 g/mol. The lowest BCUT2D eigenvalue weighted by Gasteiger charge is -2.03. The van der Waals surface area contributed by atoms with E-state index in [2.05, 4.69) is 16.6 Å². The number of aromatic nitrogens is 2. The van der Waals surface area contributed by atoms with Gasteiger partial charge in [-0.3, -0.25) is 0 Å². The predicted octanol–water partition coefficient (Wildman–Crippen LogP) is 1.19. The summed E-state index contributed by atoms with van der Waals surface area (Å²) >= 11 is 1.83. The quantitative estimate of drug-likeness (QED) is 0.690. The van der Waals surface area contributed by atoms with Crippen LogP contribution in [0.5, 0.6) is 0 Å². The molecule has 0 spiro atoms. The van der Waals surface area contributed by atoms with Gasteiger partial charge in [-0.2, -0.15) is 11.8 Å². The summed E-state index contributed by atoms with van der Waals surface area (Å²) < 4.78 is 1.97. The van der Waals surface area contributed by atoms with Gasteiger partial charge < -0.3 is 9.88 Å². The Bertz CT molecular complexity index is 209. The SMILES string of the molecule is CSCCNc1nccn1C. The second-order valence-corrected chi connectivity index (χ2v) is 3.27. The first-order valence-electron chi connectivity index (χ1n) is 3.54. The monoisotopic (exact) mass is 171 g/mol. The van der Waals surface area contributed by atoms with E-state index < -0.39 is 0 Å². The van der Waals surface area contributed by atoms with Gasteiger partial charge >= 0.3 is 0 Å². The molecule has 0 aromatic carbocycles. The lowest BCUT2D eigenvalue weighted by molar-refractivity contribution is 0.908. The molecule has 0 unspecified atom stereocenters. The molecular formula is C7H13N3S. The van der Waals surface area contributed by atoms with Gasteiger partial charge in [0.05, 0.1) is 0 Å². The largest absolute Gasteiger partial charge is 0.355 e. The smallest absolute Gasteiger partial charge is 0.202 e. The zero-order valence-electron chi connectivity index (χ0n) is 6.87. The summed E-state index contributed by atoms with van der Waals surface area (Å²) in [5.74, 6) is 2.06. The molecule has 0 fully saturated rings. The molecule has 1 N–H and O–H groups in total. The van der Waals surface area contributed by atoms with E-state index in [9.17, 15) is 0 Å². The van der Waals surface area contributed by atoms with Crippen LogP contribution in [0, 0.1) is 0 Å². The van der Waals surface area contributed by atoms with Crippen LogP contribution in [-0.4, -0.2) is 28.1 Å². The lowest BCUT2D eigenvalue weighted by atomic mass is 10.7. The van der Waals surface area contributed by atoms with Crippen LogP contribution < -0.4 is 5.32 Å². The molecule has 1 aromatic heterocycles. The second kappa shape index (κ2) is 4.28. The number of imidazole rings is 1. The van der Waals surface area contributed by atoms with E-state index in [-0.39, 0.29) is 0 Å². The number of hydrogen-bond acceptors (Lipinski definition) is 3. The first-order chi connectivity index (χ1) is 5.34. The van der Waals surface area contributed by atoms with Crippen molar-refractivity contribution in [2.75, 3.05) is 23.9 Å². The minimum absolute atomic E-state index is 0.944. The fourth-order valence-electron chi connectivity index (χ4n) is 0.801. The van der Waals surface area contributed by atoms with E-state index in [0.29, 0.717) is 0 Å². The molecule has 3 nitrogen and oxygen atoms in total. The van der Waals surface area contributed by atoms with Crippen molar-refractivity contribution in [2.24, 2.45) is 7.05 Å². The van der Waals surface area contributed by atoms with Crippen LogP contribution >= 0.6 is 11.8 Å². The first-order valence-corrected chi connectivity index (χ1v) is 4.94. The Kier molecular flexibility index (Phi) is 3.29. The van der Waals surface area contributed by atoms with Crippen LogP contribution in [0.1, 0.15) is 0 Å². The van der Waals surface area contributed by atoms with Crippen LogP contribution in [0.15, 0.2) is 12.4 Å². The molecule has 0 aliphatic rings. The van der Waals surface area contributed by atoms with Crippen LogP contribution in [0.4, 0.5) is 5.95 Å².